The van der Waals surface area contributed by atoms with Gasteiger partial charge in [0.1, 0.15) is 0 Å². The minimum Gasteiger partial charge on any atom is -0.466 e. The third-order valence-corrected chi connectivity index (χ3v) is 2.55. The number of alkyl halides is 3. The van der Waals surface area contributed by atoms with Crippen LogP contribution in [0.4, 0.5) is 13.2 Å². The lowest BCUT2D eigenvalue weighted by Crippen LogP contribution is -2.32. The molecule has 0 aromatic carbocycles. The molecule has 0 bridgehead atoms. The van der Waals surface area contributed by atoms with Gasteiger partial charge in [0.2, 0.25) is 0 Å². The van der Waals surface area contributed by atoms with Crippen molar-refractivity contribution in [2.45, 2.75) is 45.1 Å². The highest BCUT2D eigenvalue weighted by atomic mass is 19.4. The van der Waals surface area contributed by atoms with Crippen LogP contribution in [0.5, 0.6) is 0 Å². The highest BCUT2D eigenvalue weighted by Gasteiger charge is 2.37. The second-order valence-electron chi connectivity index (χ2n) is 3.80. The van der Waals surface area contributed by atoms with Gasteiger partial charge in [0.25, 0.3) is 0 Å². The Morgan fingerprint density at radius 2 is 2.06 bits per heavy atom. The highest BCUT2D eigenvalue weighted by Crippen LogP contribution is 2.31. The van der Waals surface area contributed by atoms with Gasteiger partial charge >= 0.3 is 12.3 Å². The molecule has 1 aliphatic rings. The monoisotopic (exact) mass is 240 g/mol. The first kappa shape index (κ1) is 13.3. The average molecular weight is 240 g/mol. The van der Waals surface area contributed by atoms with Crippen molar-refractivity contribution in [3.05, 3.63) is 0 Å². The summed E-state index contributed by atoms with van der Waals surface area (Å²) < 4.78 is 44.6. The molecule has 0 amide bonds. The first-order valence-corrected chi connectivity index (χ1v) is 5.33. The summed E-state index contributed by atoms with van der Waals surface area (Å²) in [5, 5.41) is 0. The Morgan fingerprint density at radius 1 is 1.38 bits per heavy atom. The number of hydrogen-bond acceptors (Lipinski definition) is 3. The molecule has 0 aromatic heterocycles. The molecule has 1 rings (SSSR count). The Hall–Kier alpha value is -0.780. The van der Waals surface area contributed by atoms with Gasteiger partial charge in [-0.2, -0.15) is 0 Å². The van der Waals surface area contributed by atoms with Gasteiger partial charge in [-0.3, -0.25) is 9.53 Å². The lowest BCUT2D eigenvalue weighted by molar-refractivity contribution is -0.346. The molecule has 0 aromatic rings. The topological polar surface area (TPSA) is 35.5 Å². The molecule has 1 aliphatic carbocycles. The zero-order chi connectivity index (χ0) is 12.2. The van der Waals surface area contributed by atoms with Crippen LogP contribution < -0.4 is 0 Å². The van der Waals surface area contributed by atoms with E-state index in [0.717, 1.165) is 0 Å². The normalized spacial score (nSPS) is 26.5. The lowest BCUT2D eigenvalue weighted by atomic mass is 9.87. The Labute approximate surface area is 91.9 Å². The molecule has 6 heteroatoms. The predicted molar refractivity (Wildman–Crippen MR) is 49.5 cm³/mol. The van der Waals surface area contributed by atoms with Crippen molar-refractivity contribution in [2.24, 2.45) is 5.92 Å². The van der Waals surface area contributed by atoms with Crippen molar-refractivity contribution in [2.75, 3.05) is 6.61 Å². The molecular weight excluding hydrogens is 225 g/mol. The van der Waals surface area contributed by atoms with Crippen molar-refractivity contribution < 1.29 is 27.4 Å². The molecule has 0 radical (unpaired) electrons. The number of hydrogen-bond donors (Lipinski definition) is 0. The Bertz CT molecular complexity index is 240. The van der Waals surface area contributed by atoms with Gasteiger partial charge in [-0.15, -0.1) is 13.2 Å². The van der Waals surface area contributed by atoms with E-state index in [1.807, 2.05) is 0 Å². The first-order valence-electron chi connectivity index (χ1n) is 5.33. The smallest absolute Gasteiger partial charge is 0.466 e. The number of esters is 1. The fraction of sp³-hybridized carbons (Fsp3) is 0.900. The minimum atomic E-state index is -4.62. The zero-order valence-electron chi connectivity index (χ0n) is 9.05. The van der Waals surface area contributed by atoms with Crippen LogP contribution >= 0.6 is 0 Å². The van der Waals surface area contributed by atoms with E-state index in [-0.39, 0.29) is 13.0 Å². The van der Waals surface area contributed by atoms with Gasteiger partial charge in [0.15, 0.2) is 0 Å². The molecule has 0 saturated heterocycles. The number of carbonyl (C=O) groups excluding carboxylic acids is 1. The first-order chi connectivity index (χ1) is 7.42. The molecule has 2 unspecified atom stereocenters. The van der Waals surface area contributed by atoms with Crippen LogP contribution in [0, 0.1) is 5.92 Å². The van der Waals surface area contributed by atoms with Crippen molar-refractivity contribution in [1.82, 2.24) is 0 Å². The summed E-state index contributed by atoms with van der Waals surface area (Å²) >= 11 is 0. The van der Waals surface area contributed by atoms with Gasteiger partial charge in [-0.05, 0) is 26.2 Å². The molecule has 94 valence electrons. The minimum absolute atomic E-state index is 0.0956. The number of ether oxygens (including phenoxy) is 2. The van der Waals surface area contributed by atoms with E-state index >= 15 is 0 Å². The van der Waals surface area contributed by atoms with E-state index < -0.39 is 24.4 Å². The summed E-state index contributed by atoms with van der Waals surface area (Å²) in [7, 11) is 0. The quantitative estimate of drug-likeness (QED) is 0.711. The standard InChI is InChI=1S/C10H15F3O3/c1-2-15-9(14)7-4-3-5-8(6-7)16-10(11,12)13/h7-8H,2-6H2,1H3. The molecule has 1 fully saturated rings. The van der Waals surface area contributed by atoms with E-state index in [1.54, 1.807) is 6.92 Å². The summed E-state index contributed by atoms with van der Waals surface area (Å²) in [6, 6.07) is 0. The van der Waals surface area contributed by atoms with Crippen molar-refractivity contribution in [3.63, 3.8) is 0 Å². The van der Waals surface area contributed by atoms with Crippen molar-refractivity contribution >= 4 is 5.97 Å². The van der Waals surface area contributed by atoms with Gasteiger partial charge in [-0.25, -0.2) is 0 Å². The fourth-order valence-corrected chi connectivity index (χ4v) is 1.92. The zero-order valence-corrected chi connectivity index (χ0v) is 9.05. The van der Waals surface area contributed by atoms with Gasteiger partial charge in [0, 0.05) is 0 Å². The van der Waals surface area contributed by atoms with E-state index in [4.69, 9.17) is 4.74 Å². The molecule has 3 nitrogen and oxygen atoms in total. The van der Waals surface area contributed by atoms with Gasteiger partial charge < -0.3 is 4.74 Å². The number of rotatable bonds is 3. The lowest BCUT2D eigenvalue weighted by Gasteiger charge is -2.28. The van der Waals surface area contributed by atoms with E-state index in [9.17, 15) is 18.0 Å². The van der Waals surface area contributed by atoms with E-state index in [2.05, 4.69) is 4.74 Å². The fourth-order valence-electron chi connectivity index (χ4n) is 1.92. The van der Waals surface area contributed by atoms with Crippen LogP contribution in [-0.2, 0) is 14.3 Å². The number of halogens is 3. The summed E-state index contributed by atoms with van der Waals surface area (Å²) in [5.74, 6) is -0.876. The Kier molecular flexibility index (Phi) is 4.58. The van der Waals surface area contributed by atoms with Crippen LogP contribution in [-0.4, -0.2) is 25.0 Å². The Morgan fingerprint density at radius 3 is 2.62 bits per heavy atom. The third-order valence-electron chi connectivity index (χ3n) is 2.55. The largest absolute Gasteiger partial charge is 0.522 e. The SMILES string of the molecule is CCOC(=O)C1CCCC(OC(F)(F)F)C1. The van der Waals surface area contributed by atoms with Crippen LogP contribution in [0.1, 0.15) is 32.6 Å². The second kappa shape index (κ2) is 5.52. The molecule has 0 heterocycles. The predicted octanol–water partition coefficient (Wildman–Crippen LogP) is 2.64. The maximum atomic E-state index is 12.0. The molecule has 0 aliphatic heterocycles. The van der Waals surface area contributed by atoms with Crippen LogP contribution in [0.3, 0.4) is 0 Å². The highest BCUT2D eigenvalue weighted by molar-refractivity contribution is 5.72. The maximum absolute atomic E-state index is 12.0. The van der Waals surface area contributed by atoms with Crippen LogP contribution in [0.25, 0.3) is 0 Å². The third kappa shape index (κ3) is 4.38. The maximum Gasteiger partial charge on any atom is 0.522 e. The molecule has 1 saturated carbocycles. The summed E-state index contributed by atoms with van der Waals surface area (Å²) in [6.45, 7) is 1.92. The van der Waals surface area contributed by atoms with Gasteiger partial charge in [-0.1, -0.05) is 6.42 Å². The summed E-state index contributed by atoms with van der Waals surface area (Å²) in [6.07, 6.45) is -3.96. The van der Waals surface area contributed by atoms with Crippen LogP contribution in [0.15, 0.2) is 0 Å². The molecule has 0 spiro atoms. The van der Waals surface area contributed by atoms with E-state index in [0.29, 0.717) is 19.3 Å². The second-order valence-corrected chi connectivity index (χ2v) is 3.80. The van der Waals surface area contributed by atoms with Crippen LogP contribution in [0.2, 0.25) is 0 Å². The number of carbonyl (C=O) groups is 1. The summed E-state index contributed by atoms with van der Waals surface area (Å²) in [5.41, 5.74) is 0. The molecule has 16 heavy (non-hydrogen) atoms. The molecule has 2 atom stereocenters. The van der Waals surface area contributed by atoms with Gasteiger partial charge in [0.05, 0.1) is 18.6 Å². The van der Waals surface area contributed by atoms with Crippen molar-refractivity contribution in [3.8, 4) is 0 Å². The average Bonchev–Trinajstić information content (AvgIpc) is 2.16. The van der Waals surface area contributed by atoms with E-state index in [1.165, 1.54) is 0 Å². The Balaban J connectivity index is 2.44. The summed E-state index contributed by atoms with van der Waals surface area (Å²) in [4.78, 5) is 11.4. The molecule has 0 N–H and O–H groups in total. The van der Waals surface area contributed by atoms with Crippen molar-refractivity contribution in [1.29, 1.82) is 0 Å². The molecular formula is C10H15F3O3.